The molecule has 2 nitrogen and oxygen atoms in total. The number of hydrogen-bond donors (Lipinski definition) is 0. The predicted octanol–water partition coefficient (Wildman–Crippen LogP) is 3.91. The molecule has 0 unspecified atom stereocenters. The van der Waals surface area contributed by atoms with Gasteiger partial charge in [-0.2, -0.15) is 5.26 Å². The first-order valence-corrected chi connectivity index (χ1v) is 5.03. The average Bonchev–Trinajstić information content (AvgIpc) is 2.37. The Balaban J connectivity index is 2.38. The van der Waals surface area contributed by atoms with Gasteiger partial charge in [0.1, 0.15) is 5.75 Å². The van der Waals surface area contributed by atoms with Crippen LogP contribution in [0.2, 0.25) is 0 Å². The predicted molar refractivity (Wildman–Crippen MR) is 57.5 cm³/mol. The van der Waals surface area contributed by atoms with E-state index in [0.717, 1.165) is 24.3 Å². The summed E-state index contributed by atoms with van der Waals surface area (Å²) in [6.45, 7) is 0. The van der Waals surface area contributed by atoms with Crippen LogP contribution < -0.4 is 4.74 Å². The Hall–Kier alpha value is -2.55. The molecule has 96 valence electrons. The summed E-state index contributed by atoms with van der Waals surface area (Å²) >= 11 is 0. The van der Waals surface area contributed by atoms with E-state index < -0.39 is 29.0 Å². The maximum atomic E-state index is 13.5. The van der Waals surface area contributed by atoms with Crippen LogP contribution in [-0.4, -0.2) is 0 Å². The van der Waals surface area contributed by atoms with Crippen LogP contribution in [0.25, 0.3) is 0 Å². The van der Waals surface area contributed by atoms with E-state index in [-0.39, 0.29) is 11.3 Å². The van der Waals surface area contributed by atoms with Crippen LogP contribution in [0.4, 0.5) is 17.6 Å². The fourth-order valence-corrected chi connectivity index (χ4v) is 1.38. The number of rotatable bonds is 2. The summed E-state index contributed by atoms with van der Waals surface area (Å²) in [5, 5.41) is 8.52. The van der Waals surface area contributed by atoms with Crippen molar-refractivity contribution in [2.75, 3.05) is 0 Å². The molecule has 2 rings (SSSR count). The van der Waals surface area contributed by atoms with Crippen molar-refractivity contribution in [3.63, 3.8) is 0 Å². The van der Waals surface area contributed by atoms with Gasteiger partial charge in [0.2, 0.25) is 0 Å². The Morgan fingerprint density at radius 3 is 2.00 bits per heavy atom. The third-order valence-electron chi connectivity index (χ3n) is 2.24. The summed E-state index contributed by atoms with van der Waals surface area (Å²) in [5.74, 6) is -5.57. The molecule has 6 heteroatoms. The van der Waals surface area contributed by atoms with Gasteiger partial charge in [0.25, 0.3) is 0 Å². The maximum Gasteiger partial charge on any atom is 0.198 e. The van der Waals surface area contributed by atoms with Crippen LogP contribution >= 0.6 is 0 Å². The summed E-state index contributed by atoms with van der Waals surface area (Å²) in [7, 11) is 0. The maximum absolute atomic E-state index is 13.5. The van der Waals surface area contributed by atoms with E-state index in [1.165, 1.54) is 0 Å². The Morgan fingerprint density at radius 1 is 0.842 bits per heavy atom. The molecular weight excluding hydrogens is 262 g/mol. The fourth-order valence-electron chi connectivity index (χ4n) is 1.38. The van der Waals surface area contributed by atoms with Crippen molar-refractivity contribution in [2.24, 2.45) is 0 Å². The molecule has 0 aliphatic rings. The summed E-state index contributed by atoms with van der Waals surface area (Å²) in [6.07, 6.45) is 0. The van der Waals surface area contributed by atoms with Gasteiger partial charge >= 0.3 is 0 Å². The molecule has 0 N–H and O–H groups in total. The van der Waals surface area contributed by atoms with E-state index in [1.54, 1.807) is 6.07 Å². The SMILES string of the molecule is N#Cc1cc(F)c(Oc2ccc(F)c(F)c2)c(F)c1. The lowest BCUT2D eigenvalue weighted by molar-refractivity contribution is 0.401. The van der Waals surface area contributed by atoms with E-state index in [9.17, 15) is 17.6 Å². The smallest absolute Gasteiger partial charge is 0.198 e. The lowest BCUT2D eigenvalue weighted by Gasteiger charge is -2.08. The second-order valence-electron chi connectivity index (χ2n) is 3.56. The number of ether oxygens (including phenoxy) is 1. The minimum Gasteiger partial charge on any atom is -0.451 e. The molecule has 0 saturated heterocycles. The first-order valence-electron chi connectivity index (χ1n) is 5.03. The molecule has 2 aromatic carbocycles. The molecule has 0 saturated carbocycles. The Labute approximate surface area is 105 Å². The first-order chi connectivity index (χ1) is 9.01. The van der Waals surface area contributed by atoms with Crippen molar-refractivity contribution in [3.05, 3.63) is 59.2 Å². The largest absolute Gasteiger partial charge is 0.451 e. The van der Waals surface area contributed by atoms with E-state index >= 15 is 0 Å². The molecule has 0 atom stereocenters. The Bertz CT molecular complexity index is 656. The quantitative estimate of drug-likeness (QED) is 0.773. The molecule has 0 aromatic heterocycles. The van der Waals surface area contributed by atoms with Gasteiger partial charge in [-0.1, -0.05) is 0 Å². The number of benzene rings is 2. The molecule has 0 bridgehead atoms. The molecule has 0 radical (unpaired) electrons. The van der Waals surface area contributed by atoms with E-state index in [1.807, 2.05) is 0 Å². The van der Waals surface area contributed by atoms with E-state index in [0.29, 0.717) is 6.07 Å². The van der Waals surface area contributed by atoms with Crippen LogP contribution in [0.15, 0.2) is 30.3 Å². The van der Waals surface area contributed by atoms with Crippen molar-refractivity contribution in [1.29, 1.82) is 5.26 Å². The van der Waals surface area contributed by atoms with Crippen molar-refractivity contribution in [1.82, 2.24) is 0 Å². The van der Waals surface area contributed by atoms with Gasteiger partial charge in [0, 0.05) is 6.07 Å². The highest BCUT2D eigenvalue weighted by atomic mass is 19.2. The van der Waals surface area contributed by atoms with Crippen LogP contribution in [0.1, 0.15) is 5.56 Å². The summed E-state index contributed by atoms with van der Waals surface area (Å²) in [5.41, 5.74) is -0.215. The lowest BCUT2D eigenvalue weighted by Crippen LogP contribution is -1.95. The zero-order valence-electron chi connectivity index (χ0n) is 9.25. The summed E-state index contributed by atoms with van der Waals surface area (Å²) < 4.78 is 57.4. The third-order valence-corrected chi connectivity index (χ3v) is 2.24. The minimum atomic E-state index is -1.20. The molecular formula is C13H5F4NO. The molecule has 19 heavy (non-hydrogen) atoms. The molecule has 0 fully saturated rings. The van der Waals surface area contributed by atoms with Crippen LogP contribution in [0, 0.1) is 34.6 Å². The highest BCUT2D eigenvalue weighted by Crippen LogP contribution is 2.29. The third kappa shape index (κ3) is 2.65. The van der Waals surface area contributed by atoms with Crippen molar-refractivity contribution >= 4 is 0 Å². The van der Waals surface area contributed by atoms with Crippen LogP contribution in [0.3, 0.4) is 0 Å². The average molecular weight is 267 g/mol. The van der Waals surface area contributed by atoms with E-state index in [2.05, 4.69) is 0 Å². The monoisotopic (exact) mass is 267 g/mol. The molecule has 0 aliphatic carbocycles. The first kappa shape index (κ1) is 12.9. The van der Waals surface area contributed by atoms with Crippen LogP contribution in [0.5, 0.6) is 11.5 Å². The lowest BCUT2D eigenvalue weighted by atomic mass is 10.2. The van der Waals surface area contributed by atoms with Gasteiger partial charge in [0.15, 0.2) is 29.0 Å². The van der Waals surface area contributed by atoms with Crippen molar-refractivity contribution < 1.29 is 22.3 Å². The highest BCUT2D eigenvalue weighted by molar-refractivity contribution is 5.40. The molecule has 0 aliphatic heterocycles. The fraction of sp³-hybridized carbons (Fsp3) is 0. The minimum absolute atomic E-state index is 0.215. The summed E-state index contributed by atoms with van der Waals surface area (Å²) in [4.78, 5) is 0. The number of nitriles is 1. The highest BCUT2D eigenvalue weighted by Gasteiger charge is 2.14. The Kier molecular flexibility index (Phi) is 3.38. The standard InChI is InChI=1S/C13H5F4NO/c14-9-2-1-8(5-10(9)15)19-13-11(16)3-7(6-18)4-12(13)17/h1-5H. The van der Waals surface area contributed by atoms with Crippen LogP contribution in [-0.2, 0) is 0 Å². The topological polar surface area (TPSA) is 33.0 Å². The van der Waals surface area contributed by atoms with Gasteiger partial charge in [-0.3, -0.25) is 0 Å². The van der Waals surface area contributed by atoms with Gasteiger partial charge < -0.3 is 4.74 Å². The Morgan fingerprint density at radius 2 is 1.47 bits per heavy atom. The van der Waals surface area contributed by atoms with E-state index in [4.69, 9.17) is 10.00 Å². The number of halogens is 4. The summed E-state index contributed by atoms with van der Waals surface area (Å²) in [6, 6.07) is 5.57. The molecule has 0 spiro atoms. The molecule has 0 heterocycles. The zero-order valence-corrected chi connectivity index (χ0v) is 9.25. The number of nitrogens with zero attached hydrogens (tertiary/aromatic N) is 1. The van der Waals surface area contributed by atoms with Gasteiger partial charge in [-0.05, 0) is 24.3 Å². The second-order valence-corrected chi connectivity index (χ2v) is 3.56. The zero-order chi connectivity index (χ0) is 14.0. The molecule has 2 aromatic rings. The molecule has 0 amide bonds. The van der Waals surface area contributed by atoms with Gasteiger partial charge in [-0.25, -0.2) is 17.6 Å². The number of hydrogen-bond acceptors (Lipinski definition) is 2. The van der Waals surface area contributed by atoms with Crippen molar-refractivity contribution in [2.45, 2.75) is 0 Å². The van der Waals surface area contributed by atoms with Crippen molar-refractivity contribution in [3.8, 4) is 17.6 Å². The second kappa shape index (κ2) is 4.98. The van der Waals surface area contributed by atoms with Gasteiger partial charge in [-0.15, -0.1) is 0 Å². The van der Waals surface area contributed by atoms with Gasteiger partial charge in [0.05, 0.1) is 11.6 Å². The normalized spacial score (nSPS) is 10.1.